The van der Waals surface area contributed by atoms with E-state index in [1.54, 1.807) is 7.11 Å². The molecule has 172 valence electrons. The number of aromatic nitrogens is 2. The molecule has 0 radical (unpaired) electrons. The normalized spacial score (nSPS) is 20.4. The Morgan fingerprint density at radius 2 is 2.00 bits per heavy atom. The van der Waals surface area contributed by atoms with Crippen molar-refractivity contribution in [1.82, 2.24) is 15.3 Å². The van der Waals surface area contributed by atoms with Gasteiger partial charge in [0.1, 0.15) is 5.82 Å². The number of nitrogens with zero attached hydrogens (tertiary/aromatic N) is 3. The van der Waals surface area contributed by atoms with Crippen LogP contribution in [0.5, 0.6) is 5.88 Å². The average Bonchev–Trinajstić information content (AvgIpc) is 2.84. The van der Waals surface area contributed by atoms with E-state index in [-0.39, 0.29) is 5.41 Å². The monoisotopic (exact) mass is 455 g/mol. The summed E-state index contributed by atoms with van der Waals surface area (Å²) in [7, 11) is 1.63. The van der Waals surface area contributed by atoms with Crippen molar-refractivity contribution in [2.75, 3.05) is 43.6 Å². The van der Waals surface area contributed by atoms with Crippen LogP contribution >= 0.6 is 12.2 Å². The highest BCUT2D eigenvalue weighted by Crippen LogP contribution is 2.34. The fourth-order valence-corrected chi connectivity index (χ4v) is 4.84. The number of nitrogens with one attached hydrogen (secondary N) is 2. The van der Waals surface area contributed by atoms with E-state index in [2.05, 4.69) is 57.8 Å². The summed E-state index contributed by atoms with van der Waals surface area (Å²) in [4.78, 5) is 11.5. The highest BCUT2D eigenvalue weighted by Gasteiger charge is 2.34. The molecule has 2 saturated heterocycles. The van der Waals surface area contributed by atoms with Gasteiger partial charge in [0.25, 0.3) is 0 Å². The fraction of sp³-hybridized carbons (Fsp3) is 0.542. The predicted octanol–water partition coefficient (Wildman–Crippen LogP) is 3.90. The second-order valence-corrected chi connectivity index (χ2v) is 9.10. The van der Waals surface area contributed by atoms with Gasteiger partial charge in [0.2, 0.25) is 11.8 Å². The molecule has 0 spiro atoms. The Labute approximate surface area is 195 Å². The summed E-state index contributed by atoms with van der Waals surface area (Å²) < 4.78 is 11.1. The van der Waals surface area contributed by atoms with Gasteiger partial charge in [-0.05, 0) is 56.8 Å². The van der Waals surface area contributed by atoms with Crippen molar-refractivity contribution in [2.45, 2.75) is 50.5 Å². The van der Waals surface area contributed by atoms with Crippen LogP contribution in [-0.2, 0) is 10.2 Å². The molecule has 8 heteroatoms. The largest absolute Gasteiger partial charge is 0.481 e. The molecular formula is C24H33N5O2S. The van der Waals surface area contributed by atoms with Crippen molar-refractivity contribution in [1.29, 1.82) is 0 Å². The Morgan fingerprint density at radius 1 is 1.22 bits per heavy atom. The minimum atomic E-state index is -0.00508. The Hall–Kier alpha value is -2.45. The van der Waals surface area contributed by atoms with Crippen LogP contribution in [0.3, 0.4) is 0 Å². The summed E-state index contributed by atoms with van der Waals surface area (Å²) in [5.41, 5.74) is 1.31. The summed E-state index contributed by atoms with van der Waals surface area (Å²) >= 11 is 5.62. The average molecular weight is 456 g/mol. The topological polar surface area (TPSA) is 71.5 Å². The van der Waals surface area contributed by atoms with Gasteiger partial charge in [-0.15, -0.1) is 0 Å². The van der Waals surface area contributed by atoms with Crippen molar-refractivity contribution in [3.8, 4) is 5.88 Å². The minimum Gasteiger partial charge on any atom is -0.481 e. The first-order chi connectivity index (χ1) is 15.6. The van der Waals surface area contributed by atoms with E-state index in [1.165, 1.54) is 24.8 Å². The maximum Gasteiger partial charge on any atom is 0.234 e. The highest BCUT2D eigenvalue weighted by molar-refractivity contribution is 7.80. The van der Waals surface area contributed by atoms with Crippen molar-refractivity contribution in [2.24, 2.45) is 0 Å². The second kappa shape index (κ2) is 10.4. The third-order valence-electron chi connectivity index (χ3n) is 6.64. The zero-order valence-corrected chi connectivity index (χ0v) is 19.8. The van der Waals surface area contributed by atoms with Gasteiger partial charge in [0, 0.05) is 43.8 Å². The Kier molecular flexibility index (Phi) is 7.42. The molecule has 2 aromatic rings. The van der Waals surface area contributed by atoms with E-state index < -0.39 is 0 Å². The lowest BCUT2D eigenvalue weighted by Gasteiger charge is -2.38. The van der Waals surface area contributed by atoms with Crippen LogP contribution in [-0.4, -0.2) is 54.5 Å². The first-order valence-corrected chi connectivity index (χ1v) is 11.9. The highest BCUT2D eigenvalue weighted by atomic mass is 32.1. The molecule has 0 saturated carbocycles. The molecule has 1 aromatic carbocycles. The Morgan fingerprint density at radius 3 is 2.72 bits per heavy atom. The van der Waals surface area contributed by atoms with E-state index in [1.807, 2.05) is 6.07 Å². The van der Waals surface area contributed by atoms with E-state index in [4.69, 9.17) is 26.7 Å². The fourth-order valence-electron chi connectivity index (χ4n) is 4.68. The number of hydrogen-bond acceptors (Lipinski definition) is 6. The van der Waals surface area contributed by atoms with Crippen LogP contribution in [0, 0.1) is 0 Å². The molecule has 0 amide bonds. The molecule has 7 nitrogen and oxygen atoms in total. The van der Waals surface area contributed by atoms with Crippen LogP contribution in [0.1, 0.15) is 44.6 Å². The molecule has 0 aliphatic carbocycles. The first kappa shape index (κ1) is 22.7. The van der Waals surface area contributed by atoms with E-state index in [0.29, 0.717) is 23.0 Å². The van der Waals surface area contributed by atoms with Crippen molar-refractivity contribution >= 4 is 29.1 Å². The molecule has 2 N–H and O–H groups in total. The van der Waals surface area contributed by atoms with E-state index in [9.17, 15) is 0 Å². The standard InChI is InChI=1S/C24H33N5O2S/c1-18-8-6-7-13-29(18)20-16-21(30-2)27-22(26-20)28-23(32)25-17-24(11-14-31-15-12-24)19-9-4-3-5-10-19/h3-5,9-10,16,18H,6-8,11-15,17H2,1-2H3,(H2,25,26,27,28,32). The van der Waals surface area contributed by atoms with Gasteiger partial charge in [0.05, 0.1) is 7.11 Å². The maximum absolute atomic E-state index is 5.64. The predicted molar refractivity (Wildman–Crippen MR) is 132 cm³/mol. The first-order valence-electron chi connectivity index (χ1n) is 11.5. The molecule has 1 aromatic heterocycles. The summed E-state index contributed by atoms with van der Waals surface area (Å²) in [5.74, 6) is 1.86. The van der Waals surface area contributed by atoms with Crippen molar-refractivity contribution < 1.29 is 9.47 Å². The molecule has 32 heavy (non-hydrogen) atoms. The van der Waals surface area contributed by atoms with E-state index in [0.717, 1.165) is 45.0 Å². The third-order valence-corrected chi connectivity index (χ3v) is 6.89. The number of methoxy groups -OCH3 is 1. The quantitative estimate of drug-likeness (QED) is 0.636. The van der Waals surface area contributed by atoms with Crippen LogP contribution in [0.25, 0.3) is 0 Å². The van der Waals surface area contributed by atoms with Crippen molar-refractivity contribution in [3.63, 3.8) is 0 Å². The van der Waals surface area contributed by atoms with Gasteiger partial charge in [-0.2, -0.15) is 9.97 Å². The molecule has 1 unspecified atom stereocenters. The van der Waals surface area contributed by atoms with E-state index >= 15 is 0 Å². The molecule has 0 bridgehead atoms. The van der Waals surface area contributed by atoms with Gasteiger partial charge in [-0.1, -0.05) is 30.3 Å². The molecule has 3 heterocycles. The van der Waals surface area contributed by atoms with Crippen LogP contribution < -0.4 is 20.3 Å². The zero-order valence-electron chi connectivity index (χ0n) is 19.0. The number of piperidine rings is 1. The van der Waals surface area contributed by atoms with Crippen LogP contribution in [0.2, 0.25) is 0 Å². The maximum atomic E-state index is 5.64. The van der Waals surface area contributed by atoms with Gasteiger partial charge in [0.15, 0.2) is 5.11 Å². The van der Waals surface area contributed by atoms with Crippen molar-refractivity contribution in [3.05, 3.63) is 42.0 Å². The number of ether oxygens (including phenoxy) is 2. The van der Waals surface area contributed by atoms with Crippen LogP contribution in [0.15, 0.2) is 36.4 Å². The molecule has 4 rings (SSSR count). The molecule has 2 fully saturated rings. The number of anilines is 2. The number of thiocarbonyl (C=S) groups is 1. The van der Waals surface area contributed by atoms with Gasteiger partial charge >= 0.3 is 0 Å². The molecule has 2 aliphatic rings. The van der Waals surface area contributed by atoms with Crippen LogP contribution in [0.4, 0.5) is 11.8 Å². The Bertz CT molecular complexity index is 905. The lowest BCUT2D eigenvalue weighted by atomic mass is 9.74. The summed E-state index contributed by atoms with van der Waals surface area (Å²) in [6.07, 6.45) is 5.51. The van der Waals surface area contributed by atoms with Gasteiger partial charge in [-0.25, -0.2) is 0 Å². The van der Waals surface area contributed by atoms with Gasteiger partial charge < -0.3 is 25.0 Å². The number of benzene rings is 1. The summed E-state index contributed by atoms with van der Waals surface area (Å²) in [5, 5.41) is 7.11. The lowest BCUT2D eigenvalue weighted by Crippen LogP contribution is -2.45. The van der Waals surface area contributed by atoms with Gasteiger partial charge in [-0.3, -0.25) is 0 Å². The minimum absolute atomic E-state index is 0.00508. The Balaban J connectivity index is 1.46. The molecule has 1 atom stereocenters. The smallest absolute Gasteiger partial charge is 0.234 e. The summed E-state index contributed by atoms with van der Waals surface area (Å²) in [6.45, 7) is 5.47. The number of hydrogen-bond donors (Lipinski definition) is 2. The summed E-state index contributed by atoms with van der Waals surface area (Å²) in [6, 6.07) is 13.0. The zero-order chi connectivity index (χ0) is 22.4. The molecule has 2 aliphatic heterocycles. The SMILES string of the molecule is COc1cc(N2CCCCC2C)nc(NC(=S)NCC2(c3ccccc3)CCOCC2)n1. The second-order valence-electron chi connectivity index (χ2n) is 8.70. The number of rotatable bonds is 6. The lowest BCUT2D eigenvalue weighted by molar-refractivity contribution is 0.0515. The third kappa shape index (κ3) is 5.30. The molecular weight excluding hydrogens is 422 g/mol.